The molecule has 2 rings (SSSR count). The zero-order valence-electron chi connectivity index (χ0n) is 9.39. The molecule has 16 heavy (non-hydrogen) atoms. The molecule has 1 aromatic rings. The van der Waals surface area contributed by atoms with Crippen molar-refractivity contribution in [2.75, 3.05) is 36.0 Å². The number of hydrogen-bond donors (Lipinski definition) is 1. The van der Waals surface area contributed by atoms with Crippen molar-refractivity contribution in [3.63, 3.8) is 0 Å². The van der Waals surface area contributed by atoms with Crippen LogP contribution in [0.4, 0.5) is 5.69 Å². The van der Waals surface area contributed by atoms with Gasteiger partial charge in [0.05, 0.1) is 0 Å². The Hall–Kier alpha value is -0.870. The fraction of sp³-hybridized carbons (Fsp3) is 0.500. The van der Waals surface area contributed by atoms with Crippen LogP contribution in [0.1, 0.15) is 5.56 Å². The lowest BCUT2D eigenvalue weighted by molar-refractivity contribution is 0.673. The monoisotopic (exact) mass is 238 g/mol. The van der Waals surface area contributed by atoms with Crippen molar-refractivity contribution in [2.45, 2.75) is 6.42 Å². The Balaban J connectivity index is 2.16. The van der Waals surface area contributed by atoms with Crippen LogP contribution in [0.2, 0.25) is 0 Å². The number of rotatable bonds is 3. The average Bonchev–Trinajstić information content (AvgIpc) is 2.32. The summed E-state index contributed by atoms with van der Waals surface area (Å²) in [7, 11) is -0.611. The molecule has 0 unspecified atom stereocenters. The minimum atomic E-state index is -0.611. The third-order valence-corrected chi connectivity index (χ3v) is 4.20. The predicted molar refractivity (Wildman–Crippen MR) is 69.3 cm³/mol. The van der Waals surface area contributed by atoms with E-state index in [1.54, 1.807) is 0 Å². The maximum atomic E-state index is 11.3. The van der Waals surface area contributed by atoms with Gasteiger partial charge in [0.2, 0.25) is 0 Å². The molecule has 0 radical (unpaired) electrons. The van der Waals surface area contributed by atoms with Crippen molar-refractivity contribution in [2.24, 2.45) is 5.73 Å². The Labute approximate surface area is 99.1 Å². The normalized spacial score (nSPS) is 17.7. The number of benzene rings is 1. The van der Waals surface area contributed by atoms with Gasteiger partial charge in [-0.05, 0) is 24.6 Å². The summed E-state index contributed by atoms with van der Waals surface area (Å²) in [6, 6.07) is 8.38. The Morgan fingerprint density at radius 3 is 2.62 bits per heavy atom. The van der Waals surface area contributed by atoms with E-state index in [-0.39, 0.29) is 0 Å². The Morgan fingerprint density at radius 1 is 1.25 bits per heavy atom. The fourth-order valence-electron chi connectivity index (χ4n) is 2.07. The van der Waals surface area contributed by atoms with E-state index in [0.717, 1.165) is 31.0 Å². The smallest absolute Gasteiger partial charge is 0.0411 e. The first kappa shape index (κ1) is 11.6. The number of nitrogens with zero attached hydrogens (tertiary/aromatic N) is 1. The Morgan fingerprint density at radius 2 is 1.94 bits per heavy atom. The van der Waals surface area contributed by atoms with Crippen molar-refractivity contribution in [3.05, 3.63) is 29.8 Å². The van der Waals surface area contributed by atoms with Gasteiger partial charge in [0.15, 0.2) is 0 Å². The van der Waals surface area contributed by atoms with E-state index in [4.69, 9.17) is 5.73 Å². The topological polar surface area (TPSA) is 46.3 Å². The Kier molecular flexibility index (Phi) is 3.96. The number of anilines is 1. The molecule has 2 N–H and O–H groups in total. The van der Waals surface area contributed by atoms with Crippen LogP contribution in [0.25, 0.3) is 0 Å². The second-order valence-corrected chi connectivity index (χ2v) is 5.70. The Bertz CT molecular complexity index is 371. The molecule has 0 amide bonds. The zero-order valence-corrected chi connectivity index (χ0v) is 10.2. The second kappa shape index (κ2) is 5.46. The van der Waals surface area contributed by atoms with Crippen LogP contribution in [-0.2, 0) is 17.2 Å². The molecule has 88 valence electrons. The maximum absolute atomic E-state index is 11.3. The average molecular weight is 238 g/mol. The van der Waals surface area contributed by atoms with Crippen molar-refractivity contribution in [1.82, 2.24) is 0 Å². The van der Waals surface area contributed by atoms with Gasteiger partial charge < -0.3 is 10.6 Å². The highest BCUT2D eigenvalue weighted by atomic mass is 32.2. The molecule has 1 heterocycles. The molecule has 4 heteroatoms. The van der Waals surface area contributed by atoms with Crippen LogP contribution in [0.5, 0.6) is 0 Å². The van der Waals surface area contributed by atoms with Crippen LogP contribution in [0.15, 0.2) is 24.3 Å². The lowest BCUT2D eigenvalue weighted by Crippen LogP contribution is -2.38. The number of nitrogens with two attached hydrogens (primary N) is 1. The van der Waals surface area contributed by atoms with E-state index in [9.17, 15) is 4.21 Å². The SMILES string of the molecule is NCCc1ccccc1N1CCS(=O)CC1. The molecule has 0 aliphatic carbocycles. The van der Waals surface area contributed by atoms with Crippen molar-refractivity contribution < 1.29 is 4.21 Å². The zero-order chi connectivity index (χ0) is 11.4. The standard InChI is InChI=1S/C12H18N2OS/c13-6-5-11-3-1-2-4-12(11)14-7-9-16(15)10-8-14/h1-4H,5-10,13H2. The van der Waals surface area contributed by atoms with Crippen molar-refractivity contribution >= 4 is 16.5 Å². The summed E-state index contributed by atoms with van der Waals surface area (Å²) in [5.41, 5.74) is 8.19. The largest absolute Gasteiger partial charge is 0.369 e. The predicted octanol–water partition coefficient (Wildman–Crippen LogP) is 0.756. The van der Waals surface area contributed by atoms with Gasteiger partial charge in [-0.3, -0.25) is 4.21 Å². The first-order chi connectivity index (χ1) is 7.81. The first-order valence-corrected chi connectivity index (χ1v) is 7.18. The summed E-state index contributed by atoms with van der Waals surface area (Å²) < 4.78 is 11.3. The molecule has 0 bridgehead atoms. The van der Waals surface area contributed by atoms with E-state index in [0.29, 0.717) is 6.54 Å². The lowest BCUT2D eigenvalue weighted by Gasteiger charge is -2.30. The van der Waals surface area contributed by atoms with Gasteiger partial charge in [-0.1, -0.05) is 18.2 Å². The lowest BCUT2D eigenvalue weighted by atomic mass is 10.1. The first-order valence-electron chi connectivity index (χ1n) is 5.69. The summed E-state index contributed by atoms with van der Waals surface area (Å²) in [5.74, 6) is 1.58. The quantitative estimate of drug-likeness (QED) is 0.845. The molecule has 0 saturated carbocycles. The third-order valence-electron chi connectivity index (χ3n) is 2.92. The van der Waals surface area contributed by atoms with Gasteiger partial charge in [-0.2, -0.15) is 0 Å². The highest BCUT2D eigenvalue weighted by Gasteiger charge is 2.17. The molecule has 0 spiro atoms. The molecule has 1 aromatic carbocycles. The number of hydrogen-bond acceptors (Lipinski definition) is 3. The van der Waals surface area contributed by atoms with Gasteiger partial charge in [-0.25, -0.2) is 0 Å². The minimum absolute atomic E-state index is 0.611. The molecule has 0 aromatic heterocycles. The molecular weight excluding hydrogens is 220 g/mol. The van der Waals surface area contributed by atoms with Crippen molar-refractivity contribution in [3.8, 4) is 0 Å². The third kappa shape index (κ3) is 2.62. The van der Waals surface area contributed by atoms with E-state index in [1.807, 2.05) is 0 Å². The van der Waals surface area contributed by atoms with E-state index in [2.05, 4.69) is 29.2 Å². The maximum Gasteiger partial charge on any atom is 0.0411 e. The van der Waals surface area contributed by atoms with Crippen molar-refractivity contribution in [1.29, 1.82) is 0 Å². The summed E-state index contributed by atoms with van der Waals surface area (Å²) in [6.07, 6.45) is 0.912. The van der Waals surface area contributed by atoms with Gasteiger partial charge in [0.25, 0.3) is 0 Å². The molecule has 1 fully saturated rings. The number of para-hydroxylation sites is 1. The van der Waals surface area contributed by atoms with E-state index in [1.165, 1.54) is 11.3 Å². The van der Waals surface area contributed by atoms with Crippen LogP contribution < -0.4 is 10.6 Å². The summed E-state index contributed by atoms with van der Waals surface area (Å²) in [5, 5.41) is 0. The molecular formula is C12H18N2OS. The fourth-order valence-corrected chi connectivity index (χ4v) is 3.12. The highest BCUT2D eigenvalue weighted by Crippen LogP contribution is 2.21. The summed E-state index contributed by atoms with van der Waals surface area (Å²) in [6.45, 7) is 2.47. The van der Waals surface area contributed by atoms with Crippen LogP contribution >= 0.6 is 0 Å². The molecule has 1 aliphatic heterocycles. The summed E-state index contributed by atoms with van der Waals surface area (Å²) in [4.78, 5) is 2.33. The second-order valence-electron chi connectivity index (χ2n) is 4.00. The van der Waals surface area contributed by atoms with E-state index >= 15 is 0 Å². The van der Waals surface area contributed by atoms with Crippen LogP contribution in [-0.4, -0.2) is 35.3 Å². The van der Waals surface area contributed by atoms with Crippen LogP contribution in [0, 0.1) is 0 Å². The molecule has 1 aliphatic rings. The molecule has 0 atom stereocenters. The van der Waals surface area contributed by atoms with Gasteiger partial charge in [0, 0.05) is 41.1 Å². The van der Waals surface area contributed by atoms with Crippen LogP contribution in [0.3, 0.4) is 0 Å². The van der Waals surface area contributed by atoms with Gasteiger partial charge in [-0.15, -0.1) is 0 Å². The molecule has 3 nitrogen and oxygen atoms in total. The van der Waals surface area contributed by atoms with E-state index < -0.39 is 10.8 Å². The minimum Gasteiger partial charge on any atom is -0.369 e. The highest BCUT2D eigenvalue weighted by molar-refractivity contribution is 7.85. The molecule has 1 saturated heterocycles. The van der Waals surface area contributed by atoms with Gasteiger partial charge in [0.1, 0.15) is 0 Å². The van der Waals surface area contributed by atoms with Gasteiger partial charge >= 0.3 is 0 Å². The summed E-state index contributed by atoms with van der Waals surface area (Å²) >= 11 is 0.